The summed E-state index contributed by atoms with van der Waals surface area (Å²) < 4.78 is 13.0. The fraction of sp³-hybridized carbons (Fsp3) is 0.300. The Bertz CT molecular complexity index is 1120. The molecule has 10 heteroatoms. The van der Waals surface area contributed by atoms with Crippen LogP contribution in [0.3, 0.4) is 0 Å². The number of thiophene rings is 1. The van der Waals surface area contributed by atoms with Crippen LogP contribution < -0.4 is 4.90 Å². The lowest BCUT2D eigenvalue weighted by Gasteiger charge is -2.28. The standard InChI is InChI=1S/C20H20N6O2S2/c1-14-4-2-5-15(12-14)26-19(25-7-9-27-10-8-25)22-23-20(26)30-13-17-21-18(24-28-17)16-6-3-11-29-16/h2-6,11-12H,7-10,13H2,1H3. The molecule has 0 radical (unpaired) electrons. The van der Waals surface area contributed by atoms with Crippen LogP contribution in [0.15, 0.2) is 51.5 Å². The van der Waals surface area contributed by atoms with Crippen LogP contribution in [0, 0.1) is 6.92 Å². The lowest BCUT2D eigenvalue weighted by Crippen LogP contribution is -2.37. The molecule has 1 aliphatic heterocycles. The molecule has 3 aromatic heterocycles. The highest BCUT2D eigenvalue weighted by Gasteiger charge is 2.22. The third kappa shape index (κ3) is 3.98. The average Bonchev–Trinajstić information content (AvgIpc) is 3.53. The van der Waals surface area contributed by atoms with Crippen molar-refractivity contribution in [3.63, 3.8) is 0 Å². The van der Waals surface area contributed by atoms with E-state index in [0.717, 1.165) is 34.8 Å². The Balaban J connectivity index is 1.42. The second kappa shape index (κ2) is 8.58. The maximum Gasteiger partial charge on any atom is 0.237 e. The summed E-state index contributed by atoms with van der Waals surface area (Å²) in [5.41, 5.74) is 2.22. The molecule has 0 aliphatic carbocycles. The molecular weight excluding hydrogens is 420 g/mol. The molecular formula is C20H20N6O2S2. The van der Waals surface area contributed by atoms with Gasteiger partial charge in [-0.1, -0.05) is 35.1 Å². The van der Waals surface area contributed by atoms with Gasteiger partial charge >= 0.3 is 0 Å². The largest absolute Gasteiger partial charge is 0.378 e. The Kier molecular flexibility index (Phi) is 5.52. The summed E-state index contributed by atoms with van der Waals surface area (Å²) in [4.78, 5) is 7.71. The van der Waals surface area contributed by atoms with Crippen LogP contribution in [0.5, 0.6) is 0 Å². The van der Waals surface area contributed by atoms with Gasteiger partial charge in [0.15, 0.2) is 5.16 Å². The zero-order chi connectivity index (χ0) is 20.3. The lowest BCUT2D eigenvalue weighted by molar-refractivity contribution is 0.122. The Labute approximate surface area is 181 Å². The summed E-state index contributed by atoms with van der Waals surface area (Å²) in [7, 11) is 0. The Morgan fingerprint density at radius 3 is 2.83 bits per heavy atom. The van der Waals surface area contributed by atoms with E-state index in [4.69, 9.17) is 9.26 Å². The van der Waals surface area contributed by atoms with Crippen molar-refractivity contribution >= 4 is 29.0 Å². The van der Waals surface area contributed by atoms with Gasteiger partial charge in [-0.05, 0) is 36.1 Å². The molecule has 0 unspecified atom stereocenters. The van der Waals surface area contributed by atoms with Crippen molar-refractivity contribution < 1.29 is 9.26 Å². The van der Waals surface area contributed by atoms with E-state index >= 15 is 0 Å². The van der Waals surface area contributed by atoms with Crippen molar-refractivity contribution in [2.24, 2.45) is 0 Å². The van der Waals surface area contributed by atoms with Crippen LogP contribution in [0.2, 0.25) is 0 Å². The molecule has 0 atom stereocenters. The quantitative estimate of drug-likeness (QED) is 0.419. The smallest absolute Gasteiger partial charge is 0.237 e. The molecule has 1 aliphatic rings. The van der Waals surface area contributed by atoms with Gasteiger partial charge in [-0.3, -0.25) is 4.57 Å². The highest BCUT2D eigenvalue weighted by atomic mass is 32.2. The predicted octanol–water partition coefficient (Wildman–Crippen LogP) is 3.82. The fourth-order valence-electron chi connectivity index (χ4n) is 3.26. The van der Waals surface area contributed by atoms with Crippen molar-refractivity contribution in [2.45, 2.75) is 17.8 Å². The molecule has 4 aromatic rings. The summed E-state index contributed by atoms with van der Waals surface area (Å²) in [5, 5.41) is 15.9. The summed E-state index contributed by atoms with van der Waals surface area (Å²) in [6.07, 6.45) is 0. The lowest BCUT2D eigenvalue weighted by atomic mass is 10.2. The maximum atomic E-state index is 5.50. The van der Waals surface area contributed by atoms with E-state index in [1.54, 1.807) is 11.3 Å². The first-order valence-corrected chi connectivity index (χ1v) is 11.5. The van der Waals surface area contributed by atoms with Gasteiger partial charge in [0, 0.05) is 13.1 Å². The van der Waals surface area contributed by atoms with E-state index in [-0.39, 0.29) is 0 Å². The number of benzene rings is 1. The minimum absolute atomic E-state index is 0.519. The van der Waals surface area contributed by atoms with Crippen LogP contribution in [-0.4, -0.2) is 51.2 Å². The normalized spacial score (nSPS) is 14.4. The van der Waals surface area contributed by atoms with Gasteiger partial charge in [0.2, 0.25) is 17.7 Å². The second-order valence-electron chi connectivity index (χ2n) is 6.83. The summed E-state index contributed by atoms with van der Waals surface area (Å²) in [6.45, 7) is 5.05. The number of morpholine rings is 1. The van der Waals surface area contributed by atoms with Crippen LogP contribution in [0.4, 0.5) is 5.95 Å². The number of anilines is 1. The van der Waals surface area contributed by atoms with Crippen molar-refractivity contribution in [1.29, 1.82) is 0 Å². The minimum atomic E-state index is 0.519. The van der Waals surface area contributed by atoms with Crippen LogP contribution in [0.1, 0.15) is 11.5 Å². The number of aryl methyl sites for hydroxylation is 1. The van der Waals surface area contributed by atoms with Crippen LogP contribution >= 0.6 is 23.1 Å². The number of thioether (sulfide) groups is 1. The van der Waals surface area contributed by atoms with Crippen molar-refractivity contribution in [1.82, 2.24) is 24.9 Å². The molecule has 0 saturated carbocycles. The zero-order valence-corrected chi connectivity index (χ0v) is 18.0. The Hall–Kier alpha value is -2.69. The zero-order valence-electron chi connectivity index (χ0n) is 16.4. The topological polar surface area (TPSA) is 82.1 Å². The molecule has 0 bridgehead atoms. The number of ether oxygens (including phenoxy) is 1. The van der Waals surface area contributed by atoms with Gasteiger partial charge in [0.1, 0.15) is 0 Å². The third-order valence-corrected chi connectivity index (χ3v) is 6.48. The molecule has 1 saturated heterocycles. The van der Waals surface area contributed by atoms with Crippen LogP contribution in [0.25, 0.3) is 16.4 Å². The number of aromatic nitrogens is 5. The first kappa shape index (κ1) is 19.3. The molecule has 154 valence electrons. The van der Waals surface area contributed by atoms with E-state index in [0.29, 0.717) is 30.7 Å². The van der Waals surface area contributed by atoms with Crippen LogP contribution in [-0.2, 0) is 10.5 Å². The van der Waals surface area contributed by atoms with Gasteiger partial charge in [0.05, 0.1) is 29.5 Å². The Morgan fingerprint density at radius 1 is 1.13 bits per heavy atom. The molecule has 1 fully saturated rings. The van der Waals surface area contributed by atoms with E-state index < -0.39 is 0 Å². The molecule has 5 rings (SSSR count). The molecule has 8 nitrogen and oxygen atoms in total. The van der Waals surface area contributed by atoms with Gasteiger partial charge in [-0.2, -0.15) is 4.98 Å². The Morgan fingerprint density at radius 2 is 2.03 bits per heavy atom. The summed E-state index contributed by atoms with van der Waals surface area (Å²) >= 11 is 3.12. The maximum absolute atomic E-state index is 5.50. The SMILES string of the molecule is Cc1cccc(-n2c(SCc3nc(-c4cccs4)no3)nnc2N2CCOCC2)c1. The first-order valence-electron chi connectivity index (χ1n) is 9.62. The number of hydrogen-bond acceptors (Lipinski definition) is 9. The van der Waals surface area contributed by atoms with Gasteiger partial charge < -0.3 is 14.2 Å². The van der Waals surface area contributed by atoms with Crippen molar-refractivity contribution in [3.8, 4) is 16.4 Å². The molecule has 0 amide bonds. The second-order valence-corrected chi connectivity index (χ2v) is 8.72. The highest BCUT2D eigenvalue weighted by molar-refractivity contribution is 7.98. The van der Waals surface area contributed by atoms with E-state index in [1.807, 2.05) is 23.6 Å². The number of hydrogen-bond donors (Lipinski definition) is 0. The first-order chi connectivity index (χ1) is 14.8. The molecule has 4 heterocycles. The van der Waals surface area contributed by atoms with Gasteiger partial charge in [-0.25, -0.2) is 0 Å². The molecule has 0 spiro atoms. The van der Waals surface area contributed by atoms with Gasteiger partial charge in [0.25, 0.3) is 0 Å². The monoisotopic (exact) mass is 440 g/mol. The van der Waals surface area contributed by atoms with E-state index in [1.165, 1.54) is 17.3 Å². The fourth-order valence-corrected chi connectivity index (χ4v) is 4.70. The molecule has 0 N–H and O–H groups in total. The molecule has 30 heavy (non-hydrogen) atoms. The summed E-state index contributed by atoms with van der Waals surface area (Å²) in [5.74, 6) is 2.53. The molecule has 1 aromatic carbocycles. The van der Waals surface area contributed by atoms with Crippen molar-refractivity contribution in [2.75, 3.05) is 31.2 Å². The van der Waals surface area contributed by atoms with E-state index in [9.17, 15) is 0 Å². The number of nitrogens with zero attached hydrogens (tertiary/aromatic N) is 6. The number of rotatable bonds is 6. The third-order valence-electron chi connectivity index (χ3n) is 4.70. The highest BCUT2D eigenvalue weighted by Crippen LogP contribution is 2.30. The van der Waals surface area contributed by atoms with Gasteiger partial charge in [-0.15, -0.1) is 21.5 Å². The predicted molar refractivity (Wildman–Crippen MR) is 116 cm³/mol. The average molecular weight is 441 g/mol. The van der Waals surface area contributed by atoms with Crippen molar-refractivity contribution in [3.05, 3.63) is 53.2 Å². The van der Waals surface area contributed by atoms with E-state index in [2.05, 4.69) is 54.9 Å². The minimum Gasteiger partial charge on any atom is -0.378 e. The summed E-state index contributed by atoms with van der Waals surface area (Å²) in [6, 6.07) is 12.3.